The van der Waals surface area contributed by atoms with Crippen LogP contribution in [0.1, 0.15) is 26.2 Å². The Kier molecular flexibility index (Phi) is 2.03. The maximum absolute atomic E-state index is 11.8. The highest BCUT2D eigenvalue weighted by molar-refractivity contribution is 5.92. The molecule has 0 bridgehead atoms. The normalized spacial score (nSPS) is 35.9. The van der Waals surface area contributed by atoms with Crippen LogP contribution in [0.3, 0.4) is 0 Å². The van der Waals surface area contributed by atoms with E-state index < -0.39 is 0 Å². The third kappa shape index (κ3) is 1.13. The summed E-state index contributed by atoms with van der Waals surface area (Å²) in [6.45, 7) is 9.11. The molecule has 0 aromatic carbocycles. The van der Waals surface area contributed by atoms with Gasteiger partial charge in [-0.3, -0.25) is 4.79 Å². The van der Waals surface area contributed by atoms with Gasteiger partial charge in [0, 0.05) is 18.4 Å². The minimum atomic E-state index is -0.373. The zero-order chi connectivity index (χ0) is 10.2. The van der Waals surface area contributed by atoms with Crippen molar-refractivity contribution in [1.29, 1.82) is 0 Å². The smallest absolute Gasteiger partial charge is 0.249 e. The molecule has 0 fully saturated rings. The van der Waals surface area contributed by atoms with E-state index in [4.69, 9.17) is 6.57 Å². The van der Waals surface area contributed by atoms with E-state index in [1.54, 1.807) is 0 Å². The van der Waals surface area contributed by atoms with E-state index in [0.717, 1.165) is 18.4 Å². The van der Waals surface area contributed by atoms with Crippen molar-refractivity contribution in [2.75, 3.05) is 0 Å². The molecule has 1 unspecified atom stereocenters. The number of carbonyl (C=O) groups is 1. The second-order valence-electron chi connectivity index (χ2n) is 4.18. The van der Waals surface area contributed by atoms with Gasteiger partial charge in [0.05, 0.1) is 5.41 Å². The van der Waals surface area contributed by atoms with Crippen LogP contribution in [0.5, 0.6) is 0 Å². The number of rotatable bonds is 0. The summed E-state index contributed by atoms with van der Waals surface area (Å²) in [7, 11) is 0. The van der Waals surface area contributed by atoms with Gasteiger partial charge in [-0.2, -0.15) is 0 Å². The first-order chi connectivity index (χ1) is 6.68. The van der Waals surface area contributed by atoms with Gasteiger partial charge in [-0.1, -0.05) is 18.2 Å². The van der Waals surface area contributed by atoms with Crippen LogP contribution in [0.25, 0.3) is 4.85 Å². The molecule has 2 atom stereocenters. The van der Waals surface area contributed by atoms with Crippen LogP contribution in [-0.4, -0.2) is 11.8 Å². The number of ketones is 1. The van der Waals surface area contributed by atoms with Gasteiger partial charge in [-0.15, -0.1) is 0 Å². The summed E-state index contributed by atoms with van der Waals surface area (Å²) in [5, 5.41) is 0. The van der Waals surface area contributed by atoms with E-state index in [1.165, 1.54) is 0 Å². The lowest BCUT2D eigenvalue weighted by molar-refractivity contribution is -0.124. The molecule has 0 N–H and O–H groups in total. The predicted octanol–water partition coefficient (Wildman–Crippen LogP) is 2.53. The van der Waals surface area contributed by atoms with Gasteiger partial charge >= 0.3 is 0 Å². The molecule has 2 aliphatic carbocycles. The summed E-state index contributed by atoms with van der Waals surface area (Å²) in [5.41, 5.74) is 0.685. The Balaban J connectivity index is 2.43. The van der Waals surface area contributed by atoms with Crippen LogP contribution in [0.4, 0.5) is 0 Å². The number of nitrogens with zero attached hydrogens (tertiary/aromatic N) is 1. The van der Waals surface area contributed by atoms with Crippen molar-refractivity contribution in [3.05, 3.63) is 35.2 Å². The molecule has 0 radical (unpaired) electrons. The summed E-state index contributed by atoms with van der Waals surface area (Å²) in [6.07, 6.45) is 8.09. The van der Waals surface area contributed by atoms with Gasteiger partial charge in [0.15, 0.2) is 0 Å². The van der Waals surface area contributed by atoms with Crippen LogP contribution >= 0.6 is 0 Å². The van der Waals surface area contributed by atoms with Gasteiger partial charge in [-0.05, 0) is 13.3 Å². The molecular weight excluding hydrogens is 174 g/mol. The molecule has 0 aromatic heterocycles. The molecule has 2 heteroatoms. The highest BCUT2D eigenvalue weighted by Gasteiger charge is 2.45. The minimum absolute atomic E-state index is 0.106. The number of allylic oxidation sites excluding steroid dienone is 2. The van der Waals surface area contributed by atoms with Gasteiger partial charge in [0.2, 0.25) is 6.04 Å². The predicted molar refractivity (Wildman–Crippen MR) is 54.6 cm³/mol. The summed E-state index contributed by atoms with van der Waals surface area (Å²) >= 11 is 0. The van der Waals surface area contributed by atoms with E-state index in [9.17, 15) is 4.79 Å². The summed E-state index contributed by atoms with van der Waals surface area (Å²) in [5.74, 6) is 0.271. The number of fused-ring (bicyclic) bond motifs is 1. The molecule has 0 aromatic rings. The van der Waals surface area contributed by atoms with Crippen LogP contribution in [0.2, 0.25) is 0 Å². The van der Waals surface area contributed by atoms with Crippen LogP contribution < -0.4 is 0 Å². The largest absolute Gasteiger partial charge is 0.308 e. The monoisotopic (exact) mass is 187 g/mol. The van der Waals surface area contributed by atoms with Crippen molar-refractivity contribution in [3.8, 4) is 0 Å². The molecule has 2 aliphatic rings. The fraction of sp³-hybridized carbons (Fsp3) is 0.500. The standard InChI is InChI=1S/C12H13NO/c1-12-8-4-3-5-10(13-2)9(12)6-7-11(12)14/h3-4,6,10H,5,7-8H2,1H3/t10?,12-/m0/s1. The average molecular weight is 187 g/mol. The molecule has 0 spiro atoms. The summed E-state index contributed by atoms with van der Waals surface area (Å²) < 4.78 is 0. The number of hydrogen-bond acceptors (Lipinski definition) is 1. The molecular formula is C12H13NO. The van der Waals surface area contributed by atoms with Gasteiger partial charge in [-0.25, -0.2) is 6.57 Å². The second kappa shape index (κ2) is 3.09. The van der Waals surface area contributed by atoms with Gasteiger partial charge in [0.25, 0.3) is 0 Å². The van der Waals surface area contributed by atoms with Gasteiger partial charge < -0.3 is 4.85 Å². The highest BCUT2D eigenvalue weighted by Crippen LogP contribution is 2.44. The second-order valence-corrected chi connectivity index (χ2v) is 4.18. The molecule has 0 saturated carbocycles. The van der Waals surface area contributed by atoms with Crippen LogP contribution in [-0.2, 0) is 4.79 Å². The third-order valence-electron chi connectivity index (χ3n) is 3.33. The van der Waals surface area contributed by atoms with Crippen molar-refractivity contribution in [3.63, 3.8) is 0 Å². The number of hydrogen-bond donors (Lipinski definition) is 0. The average Bonchev–Trinajstić information content (AvgIpc) is 2.37. The highest BCUT2D eigenvalue weighted by atomic mass is 16.1. The SMILES string of the molecule is [C-]#[N+]C1CC=CC[C@]2(C)C(=O)CC=C12. The first-order valence-electron chi connectivity index (χ1n) is 4.94. The summed E-state index contributed by atoms with van der Waals surface area (Å²) in [6, 6.07) is -0.106. The van der Waals surface area contributed by atoms with Crippen molar-refractivity contribution < 1.29 is 4.79 Å². The molecule has 72 valence electrons. The minimum Gasteiger partial charge on any atom is -0.308 e. The molecule has 2 rings (SSSR count). The Hall–Kier alpha value is -1.36. The van der Waals surface area contributed by atoms with Crippen molar-refractivity contribution >= 4 is 5.78 Å². The molecule has 14 heavy (non-hydrogen) atoms. The van der Waals surface area contributed by atoms with Crippen LogP contribution in [0, 0.1) is 12.0 Å². The first kappa shape index (κ1) is 9.21. The third-order valence-corrected chi connectivity index (χ3v) is 3.33. The number of Topliss-reactive ketones (excluding diaryl/α,β-unsaturated/α-hetero) is 1. The fourth-order valence-electron chi connectivity index (χ4n) is 2.34. The number of carbonyl (C=O) groups excluding carboxylic acids is 1. The zero-order valence-electron chi connectivity index (χ0n) is 8.29. The Labute approximate surface area is 84.1 Å². The van der Waals surface area contributed by atoms with E-state index >= 15 is 0 Å². The lowest BCUT2D eigenvalue weighted by Crippen LogP contribution is -2.28. The van der Waals surface area contributed by atoms with E-state index in [-0.39, 0.29) is 17.2 Å². The Morgan fingerprint density at radius 3 is 3.07 bits per heavy atom. The van der Waals surface area contributed by atoms with E-state index in [1.807, 2.05) is 25.2 Å². The molecule has 0 amide bonds. The Morgan fingerprint density at radius 2 is 2.36 bits per heavy atom. The lowest BCUT2D eigenvalue weighted by atomic mass is 9.77. The quantitative estimate of drug-likeness (QED) is 0.422. The van der Waals surface area contributed by atoms with E-state index in [0.29, 0.717) is 6.42 Å². The van der Waals surface area contributed by atoms with E-state index in [2.05, 4.69) is 4.85 Å². The first-order valence-corrected chi connectivity index (χ1v) is 4.94. The van der Waals surface area contributed by atoms with Crippen LogP contribution in [0.15, 0.2) is 23.8 Å². The topological polar surface area (TPSA) is 21.4 Å². The van der Waals surface area contributed by atoms with Crippen molar-refractivity contribution in [1.82, 2.24) is 0 Å². The molecule has 2 nitrogen and oxygen atoms in total. The lowest BCUT2D eigenvalue weighted by Gasteiger charge is -2.23. The van der Waals surface area contributed by atoms with Crippen molar-refractivity contribution in [2.45, 2.75) is 32.2 Å². The molecule has 0 aliphatic heterocycles. The molecule has 0 saturated heterocycles. The maximum atomic E-state index is 11.8. The summed E-state index contributed by atoms with van der Waals surface area (Å²) in [4.78, 5) is 15.4. The maximum Gasteiger partial charge on any atom is 0.249 e. The fourth-order valence-corrected chi connectivity index (χ4v) is 2.34. The Morgan fingerprint density at radius 1 is 1.57 bits per heavy atom. The zero-order valence-corrected chi connectivity index (χ0v) is 8.29. The molecule has 0 heterocycles. The van der Waals surface area contributed by atoms with Crippen molar-refractivity contribution in [2.24, 2.45) is 5.41 Å². The van der Waals surface area contributed by atoms with Gasteiger partial charge in [0.1, 0.15) is 5.78 Å². The Bertz CT molecular complexity index is 372.